The Kier molecular flexibility index (Phi) is 6.35. The lowest BCUT2D eigenvalue weighted by atomic mass is 10.00. The molecule has 5 aromatic rings. The molecule has 170 valence electrons. The van der Waals surface area contributed by atoms with Crippen LogP contribution in [0.5, 0.6) is 0 Å². The minimum absolute atomic E-state index is 0.0866. The third-order valence-corrected chi connectivity index (χ3v) is 6.69. The van der Waals surface area contributed by atoms with Crippen LogP contribution < -0.4 is 5.69 Å². The number of rotatable bonds is 7. The first-order valence-electron chi connectivity index (χ1n) is 11.0. The van der Waals surface area contributed by atoms with Crippen LogP contribution in [0.2, 0.25) is 0 Å². The van der Waals surface area contributed by atoms with Crippen LogP contribution in [0.4, 0.5) is 0 Å². The highest BCUT2D eigenvalue weighted by atomic mass is 127. The first-order chi connectivity index (χ1) is 16.7. The molecular formula is C25H22IN7O. The molecule has 0 saturated carbocycles. The summed E-state index contributed by atoms with van der Waals surface area (Å²) in [7, 11) is 0. The molecule has 2 N–H and O–H groups in total. The van der Waals surface area contributed by atoms with Crippen molar-refractivity contribution in [1.82, 2.24) is 35.2 Å². The lowest BCUT2D eigenvalue weighted by Gasteiger charge is -2.11. The number of benzene rings is 2. The average molecular weight is 563 g/mol. The molecule has 0 aliphatic carbocycles. The maximum Gasteiger partial charge on any atom is 0.326 e. The topological polar surface area (TPSA) is 105 Å². The molecule has 0 aliphatic heterocycles. The highest BCUT2D eigenvalue weighted by molar-refractivity contribution is 14.1. The van der Waals surface area contributed by atoms with Crippen LogP contribution in [0.3, 0.4) is 0 Å². The van der Waals surface area contributed by atoms with Crippen molar-refractivity contribution in [3.8, 4) is 33.8 Å². The molecule has 0 bridgehead atoms. The predicted octanol–water partition coefficient (Wildman–Crippen LogP) is 4.69. The largest absolute Gasteiger partial charge is 0.326 e. The minimum atomic E-state index is -0.0866. The number of hydrogen-bond acceptors (Lipinski definition) is 5. The second-order valence-corrected chi connectivity index (χ2v) is 9.10. The van der Waals surface area contributed by atoms with E-state index in [9.17, 15) is 4.79 Å². The molecule has 0 unspecified atom stereocenters. The molecule has 2 aromatic carbocycles. The number of aromatic amines is 2. The Hall–Kier alpha value is -3.60. The van der Waals surface area contributed by atoms with Crippen LogP contribution in [0.15, 0.2) is 71.8 Å². The summed E-state index contributed by atoms with van der Waals surface area (Å²) in [6.45, 7) is 2.64. The van der Waals surface area contributed by atoms with Gasteiger partial charge in [0.2, 0.25) is 0 Å². The van der Waals surface area contributed by atoms with Gasteiger partial charge in [-0.2, -0.15) is 0 Å². The van der Waals surface area contributed by atoms with Gasteiger partial charge in [0.05, 0.1) is 12.2 Å². The Morgan fingerprint density at radius 1 is 1.00 bits per heavy atom. The monoisotopic (exact) mass is 563 g/mol. The van der Waals surface area contributed by atoms with Crippen LogP contribution >= 0.6 is 22.6 Å². The number of pyridine rings is 1. The molecule has 5 rings (SSSR count). The van der Waals surface area contributed by atoms with Crippen molar-refractivity contribution in [2.75, 3.05) is 0 Å². The molecule has 3 heterocycles. The number of halogens is 1. The molecule has 0 atom stereocenters. The van der Waals surface area contributed by atoms with Gasteiger partial charge >= 0.3 is 5.69 Å². The van der Waals surface area contributed by atoms with E-state index in [1.165, 1.54) is 0 Å². The summed E-state index contributed by atoms with van der Waals surface area (Å²) in [4.78, 5) is 20.3. The third kappa shape index (κ3) is 4.30. The molecule has 0 radical (unpaired) electrons. The van der Waals surface area contributed by atoms with Crippen LogP contribution in [-0.2, 0) is 13.0 Å². The molecule has 0 aliphatic rings. The molecule has 9 heteroatoms. The van der Waals surface area contributed by atoms with Gasteiger partial charge in [-0.15, -0.1) is 5.10 Å². The predicted molar refractivity (Wildman–Crippen MR) is 139 cm³/mol. The molecule has 0 spiro atoms. The number of H-pyrrole nitrogens is 2. The summed E-state index contributed by atoms with van der Waals surface area (Å²) >= 11 is 2.32. The fourth-order valence-electron chi connectivity index (χ4n) is 4.14. The number of tetrazole rings is 1. The molecular weight excluding hydrogens is 541 g/mol. The third-order valence-electron chi connectivity index (χ3n) is 5.75. The summed E-state index contributed by atoms with van der Waals surface area (Å²) < 4.78 is 2.97. The van der Waals surface area contributed by atoms with Crippen LogP contribution in [0, 0.1) is 3.57 Å². The van der Waals surface area contributed by atoms with Gasteiger partial charge in [0.25, 0.3) is 0 Å². The van der Waals surface area contributed by atoms with Crippen molar-refractivity contribution in [2.45, 2.75) is 26.3 Å². The molecule has 3 aromatic heterocycles. The smallest absolute Gasteiger partial charge is 0.305 e. The van der Waals surface area contributed by atoms with Crippen LogP contribution in [-0.4, -0.2) is 35.2 Å². The van der Waals surface area contributed by atoms with E-state index in [1.807, 2.05) is 22.8 Å². The van der Waals surface area contributed by atoms with E-state index in [1.54, 1.807) is 12.4 Å². The highest BCUT2D eigenvalue weighted by Crippen LogP contribution is 2.30. The number of hydrogen-bond donors (Lipinski definition) is 2. The Labute approximate surface area is 209 Å². The Morgan fingerprint density at radius 3 is 2.56 bits per heavy atom. The fraction of sp³-hybridized carbons (Fsp3) is 0.160. The van der Waals surface area contributed by atoms with Gasteiger partial charge < -0.3 is 4.98 Å². The van der Waals surface area contributed by atoms with Crippen LogP contribution in [0.25, 0.3) is 33.8 Å². The fourth-order valence-corrected chi connectivity index (χ4v) is 4.79. The van der Waals surface area contributed by atoms with E-state index in [4.69, 9.17) is 0 Å². The summed E-state index contributed by atoms with van der Waals surface area (Å²) in [5, 5.41) is 14.2. The first kappa shape index (κ1) is 22.2. The Bertz CT molecular complexity index is 1470. The van der Waals surface area contributed by atoms with Gasteiger partial charge in [0.1, 0.15) is 0 Å². The molecule has 0 fully saturated rings. The van der Waals surface area contributed by atoms with E-state index in [0.29, 0.717) is 12.4 Å². The molecule has 8 nitrogen and oxygen atoms in total. The Balaban J connectivity index is 1.48. The lowest BCUT2D eigenvalue weighted by Crippen LogP contribution is -2.19. The minimum Gasteiger partial charge on any atom is -0.305 e. The maximum atomic E-state index is 13.0. The van der Waals surface area contributed by atoms with Crippen molar-refractivity contribution >= 4 is 22.6 Å². The Morgan fingerprint density at radius 2 is 1.82 bits per heavy atom. The standard InChI is InChI=1S/C25H22IN7O/c1-2-5-22-23(19-6-3-4-7-21(19)26)28-25(34)33(22)15-16-8-10-17(11-9-16)18-12-13-27-14-20(18)24-29-31-32-30-24/h3-4,6-14H,2,5,15H2,1H3,(H,28,34)(H,29,30,31,32). The summed E-state index contributed by atoms with van der Waals surface area (Å²) in [5.41, 5.74) is 6.80. The summed E-state index contributed by atoms with van der Waals surface area (Å²) in [6, 6.07) is 18.3. The van der Waals surface area contributed by atoms with Gasteiger partial charge in [-0.05, 0) is 68.3 Å². The number of aromatic nitrogens is 7. The van der Waals surface area contributed by atoms with E-state index in [2.05, 4.69) is 96.5 Å². The van der Waals surface area contributed by atoms with Gasteiger partial charge in [-0.1, -0.05) is 55.8 Å². The van der Waals surface area contributed by atoms with Gasteiger partial charge in [-0.3, -0.25) is 9.55 Å². The van der Waals surface area contributed by atoms with Crippen molar-refractivity contribution < 1.29 is 0 Å². The van der Waals surface area contributed by atoms with Crippen molar-refractivity contribution in [3.63, 3.8) is 0 Å². The molecule has 0 saturated heterocycles. The zero-order valence-corrected chi connectivity index (χ0v) is 20.7. The van der Waals surface area contributed by atoms with Gasteiger partial charge in [-0.25, -0.2) is 9.89 Å². The number of nitrogens with zero attached hydrogens (tertiary/aromatic N) is 5. The summed E-state index contributed by atoms with van der Waals surface area (Å²) in [5.74, 6) is 0.568. The van der Waals surface area contributed by atoms with Crippen molar-refractivity contribution in [2.24, 2.45) is 0 Å². The summed E-state index contributed by atoms with van der Waals surface area (Å²) in [6.07, 6.45) is 5.27. The second kappa shape index (κ2) is 9.72. The van der Waals surface area contributed by atoms with Gasteiger partial charge in [0.15, 0.2) is 5.82 Å². The highest BCUT2D eigenvalue weighted by Gasteiger charge is 2.17. The molecule has 34 heavy (non-hydrogen) atoms. The van der Waals surface area contributed by atoms with Crippen molar-refractivity contribution in [1.29, 1.82) is 0 Å². The SMILES string of the molecule is CCCc1c(-c2ccccc2I)[nH]c(=O)n1Cc1ccc(-c2ccncc2-c2nnn[nH]2)cc1. The normalized spacial score (nSPS) is 11.1. The first-order valence-corrected chi connectivity index (χ1v) is 12.1. The zero-order valence-electron chi connectivity index (χ0n) is 18.5. The van der Waals surface area contributed by atoms with Gasteiger partial charge in [0, 0.05) is 32.8 Å². The molecule has 0 amide bonds. The van der Waals surface area contributed by atoms with Crippen LogP contribution in [0.1, 0.15) is 24.6 Å². The van der Waals surface area contributed by atoms with Crippen molar-refractivity contribution in [3.05, 3.63) is 92.3 Å². The van der Waals surface area contributed by atoms with E-state index < -0.39 is 0 Å². The quantitative estimate of drug-likeness (QED) is 0.280. The maximum absolute atomic E-state index is 13.0. The average Bonchev–Trinajstić information content (AvgIpc) is 3.50. The zero-order chi connectivity index (χ0) is 23.5. The lowest BCUT2D eigenvalue weighted by molar-refractivity contribution is 0.700. The number of nitrogens with one attached hydrogen (secondary N) is 2. The van der Waals surface area contributed by atoms with E-state index in [0.717, 1.165) is 55.6 Å². The number of imidazole rings is 1. The van der Waals surface area contributed by atoms with E-state index >= 15 is 0 Å². The second-order valence-electron chi connectivity index (χ2n) is 7.94. The van der Waals surface area contributed by atoms with E-state index in [-0.39, 0.29) is 5.69 Å².